The number of aromatic nitrogens is 3. The van der Waals surface area contributed by atoms with Crippen LogP contribution >= 0.6 is 71.8 Å². The summed E-state index contributed by atoms with van der Waals surface area (Å²) in [6, 6.07) is 24.6. The minimum Gasteiger partial charge on any atom is -0.383 e. The number of nitrogens with two attached hydrogens (primary N) is 1. The molecule has 412 valence electrons. The van der Waals surface area contributed by atoms with Crippen LogP contribution in [0.2, 0.25) is 0 Å². The molecule has 2 aromatic carbocycles. The summed E-state index contributed by atoms with van der Waals surface area (Å²) < 4.78 is 53.3. The maximum atomic E-state index is 12.9. The summed E-state index contributed by atoms with van der Waals surface area (Å²) in [5.74, 6) is 0. The molecule has 6 heterocycles. The van der Waals surface area contributed by atoms with Crippen molar-refractivity contribution in [3.05, 3.63) is 127 Å². The van der Waals surface area contributed by atoms with Crippen LogP contribution in [0.3, 0.4) is 0 Å². The Kier molecular flexibility index (Phi) is 26.6. The second-order valence-electron chi connectivity index (χ2n) is 19.3. The molecule has 0 radical (unpaired) electrons. The van der Waals surface area contributed by atoms with Gasteiger partial charge in [0.2, 0.25) is 20.0 Å². The number of benzene rings is 2. The molecular formula is C51H63Br3Cl2N10O6S2U3. The zero-order valence-electron chi connectivity index (χ0n) is 42.6. The van der Waals surface area contributed by atoms with Gasteiger partial charge in [-0.2, -0.15) is 0 Å². The van der Waals surface area contributed by atoms with Gasteiger partial charge in [-0.15, -0.1) is 12.4 Å². The summed E-state index contributed by atoms with van der Waals surface area (Å²) in [4.78, 5) is 42.3. The molecule has 3 saturated carbocycles. The first-order valence-corrected chi connectivity index (χ1v) is 30.1. The predicted octanol–water partition coefficient (Wildman–Crippen LogP) is 10.9. The first kappa shape index (κ1) is 68.9. The first-order valence-electron chi connectivity index (χ1n) is 24.4. The summed E-state index contributed by atoms with van der Waals surface area (Å²) in [6.07, 6.45) is 14.3. The molecule has 0 saturated heterocycles. The molecule has 11 rings (SSSR count). The Morgan fingerprint density at radius 1 is 0.610 bits per heavy atom. The molecule has 3 fully saturated rings. The quantitative estimate of drug-likeness (QED) is 0.0586. The standard InChI is InChI=1S/C20H23BrN4O3S.C12H12BrClN2O.C11H13BrN2.C8H12N2O2S.ClH.3U.H2/c1-22-29(27,28)15-6-4-14(5-7-15)12-23-19(26)25-13-20(10-2-3-11-20)18-16(25)8-9-17(21)24-18;13-9-4-3-8-10(15-9)12(5-1-2-6-12)7-16(8)11(14)17;12-9-4-3-8-10(14-9)11(7-13-8)5-1-2-6-11;1-10-13(11,12)8-4-2-7(6-9)3-5-8;;;;;/h4-9,22H,2-3,10-13H2,1H3,(H,23,26);3-4H,1-2,5-7H2;3-4,13H,1-2,5-7H2;2-5,10H,6,9H2,1H3;1H;;;;1H/i;;;;;;;;1+1. The first-order chi connectivity index (χ1) is 34.9. The number of hydrogen-bond donors (Lipinski definition) is 5. The van der Waals surface area contributed by atoms with Crippen LogP contribution in [0.1, 0.15) is 107 Å². The Labute approximate surface area is 561 Å². The van der Waals surface area contributed by atoms with Crippen LogP contribution in [0.15, 0.2) is 109 Å². The molecule has 3 amide bonds. The topological polar surface area (TPSA) is 222 Å². The molecule has 3 aliphatic carbocycles. The van der Waals surface area contributed by atoms with Crippen molar-refractivity contribution in [3.63, 3.8) is 0 Å². The molecule has 77 heavy (non-hydrogen) atoms. The van der Waals surface area contributed by atoms with E-state index >= 15 is 0 Å². The summed E-state index contributed by atoms with van der Waals surface area (Å²) >= 11 is 16.0. The van der Waals surface area contributed by atoms with Crippen molar-refractivity contribution < 1.29 is 121 Å². The van der Waals surface area contributed by atoms with Crippen molar-refractivity contribution in [3.8, 4) is 0 Å². The number of anilines is 3. The van der Waals surface area contributed by atoms with Gasteiger partial charge in [0, 0.05) is 144 Å². The number of pyridine rings is 3. The van der Waals surface area contributed by atoms with Gasteiger partial charge in [0.05, 0.1) is 43.9 Å². The van der Waals surface area contributed by atoms with Crippen LogP contribution < -0.4 is 35.6 Å². The normalized spacial score (nSPS) is 17.2. The van der Waals surface area contributed by atoms with E-state index in [1.165, 1.54) is 88.3 Å². The zero-order valence-corrected chi connectivity index (χ0v) is 63.1. The smallest absolute Gasteiger partial charge is 0.322 e. The largest absolute Gasteiger partial charge is 0.383 e. The number of fused-ring (bicyclic) bond motifs is 6. The Morgan fingerprint density at radius 2 is 1.00 bits per heavy atom. The minimum atomic E-state index is -3.47. The van der Waals surface area contributed by atoms with Crippen molar-refractivity contribution >= 4 is 120 Å². The van der Waals surface area contributed by atoms with E-state index in [4.69, 9.17) is 22.3 Å². The molecule has 3 aromatic heterocycles. The summed E-state index contributed by atoms with van der Waals surface area (Å²) in [7, 11) is -4.02. The summed E-state index contributed by atoms with van der Waals surface area (Å²) in [6.45, 7) is 3.16. The molecule has 3 aliphatic heterocycles. The third-order valence-electron chi connectivity index (χ3n) is 15.0. The number of carbonyl (C=O) groups excluding carboxylic acids is 2. The third kappa shape index (κ3) is 15.8. The van der Waals surface area contributed by atoms with Gasteiger partial charge in [-0.1, -0.05) is 62.8 Å². The third-order valence-corrected chi connectivity index (χ3v) is 19.4. The summed E-state index contributed by atoms with van der Waals surface area (Å²) in [5, 5.41) is 6.03. The molecular weight excluding hydrogens is 1940 g/mol. The van der Waals surface area contributed by atoms with Gasteiger partial charge in [-0.05, 0) is 184 Å². The van der Waals surface area contributed by atoms with E-state index in [1.807, 2.05) is 30.3 Å². The molecule has 6 aliphatic rings. The predicted molar refractivity (Wildman–Crippen MR) is 306 cm³/mol. The Hall–Kier alpha value is -0.614. The van der Waals surface area contributed by atoms with Gasteiger partial charge in [0.1, 0.15) is 13.8 Å². The average Bonchev–Trinajstić information content (AvgIpc) is 4.31. The molecule has 0 bridgehead atoms. The van der Waals surface area contributed by atoms with Crippen LogP contribution in [0.5, 0.6) is 0 Å². The van der Waals surface area contributed by atoms with Gasteiger partial charge < -0.3 is 16.4 Å². The van der Waals surface area contributed by atoms with E-state index in [2.05, 4.69) is 83.9 Å². The number of amides is 3. The van der Waals surface area contributed by atoms with Gasteiger partial charge in [0.25, 0.3) is 0 Å². The van der Waals surface area contributed by atoms with Crippen molar-refractivity contribution in [1.82, 2.24) is 29.7 Å². The second kappa shape index (κ2) is 29.8. The number of carbonyl (C=O) groups is 2. The fourth-order valence-corrected chi connectivity index (χ4v) is 13.7. The van der Waals surface area contributed by atoms with Crippen LogP contribution in [-0.4, -0.2) is 76.9 Å². The van der Waals surface area contributed by atoms with Crippen molar-refractivity contribution in [2.45, 2.75) is 116 Å². The van der Waals surface area contributed by atoms with Crippen LogP contribution in [0.4, 0.5) is 26.7 Å². The number of hydrogen-bond acceptors (Lipinski definition) is 11. The number of halogens is 5. The number of sulfonamides is 2. The van der Waals surface area contributed by atoms with Gasteiger partial charge in [0.15, 0.2) is 0 Å². The molecule has 26 heteroatoms. The maximum Gasteiger partial charge on any atom is 0.322 e. The van der Waals surface area contributed by atoms with Crippen LogP contribution in [0.25, 0.3) is 0 Å². The van der Waals surface area contributed by atoms with E-state index in [1.54, 1.807) is 34.1 Å². The molecule has 0 unspecified atom stereocenters. The monoisotopic (exact) mass is 2000 g/mol. The average molecular weight is 2000 g/mol. The van der Waals surface area contributed by atoms with Crippen molar-refractivity contribution in [2.24, 2.45) is 5.73 Å². The van der Waals surface area contributed by atoms with E-state index in [0.29, 0.717) is 31.6 Å². The van der Waals surface area contributed by atoms with E-state index in [0.717, 1.165) is 92.8 Å². The molecule has 16 nitrogen and oxygen atoms in total. The molecule has 5 aromatic rings. The van der Waals surface area contributed by atoms with Crippen molar-refractivity contribution in [2.75, 3.05) is 48.8 Å². The molecule has 0 atom stereocenters. The Balaban J connectivity index is 0.000000283. The zero-order chi connectivity index (χ0) is 52.2. The maximum absolute atomic E-state index is 12.9. The number of urea groups is 1. The Bertz CT molecular complexity index is 3080. The van der Waals surface area contributed by atoms with Gasteiger partial charge in [-0.3, -0.25) is 14.6 Å². The fourth-order valence-electron chi connectivity index (χ4n) is 11.1. The molecule has 6 N–H and O–H groups in total. The number of nitrogens with zero attached hydrogens (tertiary/aromatic N) is 5. The second-order valence-corrected chi connectivity index (χ2v) is 25.9. The number of nitrogens with one attached hydrogen (secondary N) is 4. The Morgan fingerprint density at radius 3 is 1.43 bits per heavy atom. The minimum absolute atomic E-state index is 0. The van der Waals surface area contributed by atoms with E-state index in [9.17, 15) is 26.4 Å². The van der Waals surface area contributed by atoms with Crippen molar-refractivity contribution in [1.29, 1.82) is 0 Å². The number of rotatable bonds is 7. The van der Waals surface area contributed by atoms with Gasteiger partial charge in [-0.25, -0.2) is 46.0 Å². The van der Waals surface area contributed by atoms with Gasteiger partial charge >= 0.3 is 11.4 Å². The SMILES string of the molecule is Brc1ccc2c(n1)C1(CCCC1)CN2.CNS(=O)(=O)c1ccc(CN)cc1.CNS(=O)(=O)c1ccc(CNC(=O)N2CC3(CCCC3)c3nc(Br)ccc32)cc1.Cl.O=C(Cl)N1CC2(CCCC2)c2nc(Br)ccc21.[2HH].[U].[U].[U]. The van der Waals surface area contributed by atoms with Crippen LogP contribution in [-0.2, 0) is 49.4 Å². The summed E-state index contributed by atoms with van der Waals surface area (Å²) in [5.41, 5.74) is 13.8. The van der Waals surface area contributed by atoms with E-state index in [-0.39, 0.29) is 134 Å². The van der Waals surface area contributed by atoms with Crippen LogP contribution in [0, 0.1) is 93.3 Å². The van der Waals surface area contributed by atoms with E-state index < -0.39 is 25.4 Å². The molecule has 3 spiro atoms. The fraction of sp³-hybridized carbons (Fsp3) is 0.431.